The minimum Gasteiger partial charge on any atom is -0.343 e. The third kappa shape index (κ3) is 2.83. The number of halogens is 1. The van der Waals surface area contributed by atoms with E-state index in [1.54, 1.807) is 4.68 Å². The van der Waals surface area contributed by atoms with Gasteiger partial charge in [-0.15, -0.1) is 0 Å². The summed E-state index contributed by atoms with van der Waals surface area (Å²) in [6.45, 7) is 3.33. The van der Waals surface area contributed by atoms with Gasteiger partial charge in [0.05, 0.1) is 16.4 Å². The molecule has 1 N–H and O–H groups in total. The molecule has 0 aromatic carbocycles. The molecular weight excluding hydrogens is 242 g/mol. The molecule has 0 saturated heterocycles. The molecule has 7 heteroatoms. The van der Waals surface area contributed by atoms with Gasteiger partial charge in [-0.1, -0.05) is 16.8 Å². The van der Waals surface area contributed by atoms with E-state index >= 15 is 0 Å². The number of nitrogens with one attached hydrogen (secondary N) is 1. The smallest absolute Gasteiger partial charge is 0.213 e. The summed E-state index contributed by atoms with van der Waals surface area (Å²) in [7, 11) is 1.88. The van der Waals surface area contributed by atoms with E-state index in [-0.39, 0.29) is 0 Å². The molecule has 0 spiro atoms. The molecule has 0 atom stereocenters. The van der Waals surface area contributed by atoms with Crippen LogP contribution in [0.4, 0.5) is 0 Å². The van der Waals surface area contributed by atoms with E-state index in [9.17, 15) is 0 Å². The fourth-order valence-electron chi connectivity index (χ4n) is 1.58. The van der Waals surface area contributed by atoms with Crippen LogP contribution in [-0.2, 0) is 20.0 Å². The lowest BCUT2D eigenvalue weighted by molar-refractivity contribution is 0.409. The molecular formula is C10H14ClN5O. The SMILES string of the molecule is Cc1nn(C)c(CNCCc2ncon2)c1Cl. The van der Waals surface area contributed by atoms with Crippen molar-refractivity contribution in [3.63, 3.8) is 0 Å². The van der Waals surface area contributed by atoms with Gasteiger partial charge in [0, 0.05) is 26.6 Å². The van der Waals surface area contributed by atoms with E-state index in [1.807, 2.05) is 14.0 Å². The fourth-order valence-corrected chi connectivity index (χ4v) is 1.81. The first-order chi connectivity index (χ1) is 8.18. The highest BCUT2D eigenvalue weighted by molar-refractivity contribution is 6.31. The van der Waals surface area contributed by atoms with Crippen molar-refractivity contribution < 1.29 is 4.52 Å². The molecule has 2 heterocycles. The number of aromatic nitrogens is 4. The molecule has 2 aromatic heterocycles. The lowest BCUT2D eigenvalue weighted by Gasteiger charge is -2.04. The maximum absolute atomic E-state index is 6.13. The topological polar surface area (TPSA) is 68.8 Å². The van der Waals surface area contributed by atoms with Gasteiger partial charge in [-0.05, 0) is 6.92 Å². The first kappa shape index (κ1) is 12.1. The zero-order chi connectivity index (χ0) is 12.3. The Hall–Kier alpha value is -1.40. The fraction of sp³-hybridized carbons (Fsp3) is 0.500. The molecule has 0 unspecified atom stereocenters. The second-order valence-electron chi connectivity index (χ2n) is 3.74. The minimum atomic E-state index is 0.675. The third-order valence-corrected chi connectivity index (χ3v) is 2.98. The van der Waals surface area contributed by atoms with Crippen LogP contribution in [0.1, 0.15) is 17.2 Å². The molecule has 0 aliphatic rings. The predicted molar refractivity (Wildman–Crippen MR) is 62.7 cm³/mol. The van der Waals surface area contributed by atoms with Crippen molar-refractivity contribution in [2.75, 3.05) is 6.54 Å². The van der Waals surface area contributed by atoms with Crippen molar-refractivity contribution in [1.82, 2.24) is 25.2 Å². The van der Waals surface area contributed by atoms with Crippen LogP contribution >= 0.6 is 11.6 Å². The first-order valence-corrected chi connectivity index (χ1v) is 5.70. The monoisotopic (exact) mass is 255 g/mol. The van der Waals surface area contributed by atoms with Gasteiger partial charge in [-0.3, -0.25) is 4.68 Å². The summed E-state index contributed by atoms with van der Waals surface area (Å²) < 4.78 is 6.44. The van der Waals surface area contributed by atoms with E-state index < -0.39 is 0 Å². The zero-order valence-electron chi connectivity index (χ0n) is 9.77. The van der Waals surface area contributed by atoms with Crippen LogP contribution in [-0.4, -0.2) is 26.5 Å². The molecule has 0 fully saturated rings. The predicted octanol–water partition coefficient (Wildman–Crippen LogP) is 1.10. The first-order valence-electron chi connectivity index (χ1n) is 5.32. The zero-order valence-corrected chi connectivity index (χ0v) is 10.5. The Morgan fingerprint density at radius 1 is 1.53 bits per heavy atom. The molecule has 2 rings (SSSR count). The Balaban J connectivity index is 1.82. The van der Waals surface area contributed by atoms with Gasteiger partial charge in [0.15, 0.2) is 5.82 Å². The Labute approximate surface area is 104 Å². The molecule has 0 radical (unpaired) electrons. The van der Waals surface area contributed by atoms with Crippen molar-refractivity contribution >= 4 is 11.6 Å². The van der Waals surface area contributed by atoms with Gasteiger partial charge in [0.25, 0.3) is 0 Å². The van der Waals surface area contributed by atoms with Crippen LogP contribution in [0, 0.1) is 6.92 Å². The summed E-state index contributed by atoms with van der Waals surface area (Å²) in [5.74, 6) is 0.699. The number of nitrogens with zero attached hydrogens (tertiary/aromatic N) is 4. The van der Waals surface area contributed by atoms with Crippen LogP contribution in [0.5, 0.6) is 0 Å². The quantitative estimate of drug-likeness (QED) is 0.811. The number of aryl methyl sites for hydroxylation is 2. The van der Waals surface area contributed by atoms with Gasteiger partial charge in [0.1, 0.15) is 0 Å². The van der Waals surface area contributed by atoms with Crippen molar-refractivity contribution in [1.29, 1.82) is 0 Å². The second kappa shape index (κ2) is 5.29. The van der Waals surface area contributed by atoms with Crippen LogP contribution in [0.25, 0.3) is 0 Å². The molecule has 0 aliphatic carbocycles. The number of rotatable bonds is 5. The lowest BCUT2D eigenvalue weighted by atomic mass is 10.3. The average molecular weight is 256 g/mol. The van der Waals surface area contributed by atoms with E-state index in [4.69, 9.17) is 11.6 Å². The Morgan fingerprint density at radius 3 is 2.94 bits per heavy atom. The van der Waals surface area contributed by atoms with Gasteiger partial charge >= 0.3 is 0 Å². The van der Waals surface area contributed by atoms with E-state index in [0.29, 0.717) is 12.4 Å². The second-order valence-corrected chi connectivity index (χ2v) is 4.12. The highest BCUT2D eigenvalue weighted by Gasteiger charge is 2.10. The number of hydrogen-bond acceptors (Lipinski definition) is 5. The molecule has 0 aliphatic heterocycles. The van der Waals surface area contributed by atoms with Crippen LogP contribution < -0.4 is 5.32 Å². The lowest BCUT2D eigenvalue weighted by Crippen LogP contribution is -2.19. The summed E-state index contributed by atoms with van der Waals surface area (Å²) in [4.78, 5) is 3.94. The summed E-state index contributed by atoms with van der Waals surface area (Å²) in [6.07, 6.45) is 2.06. The minimum absolute atomic E-state index is 0.675. The van der Waals surface area contributed by atoms with Crippen LogP contribution in [0.2, 0.25) is 5.02 Å². The summed E-state index contributed by atoms with van der Waals surface area (Å²) in [6, 6.07) is 0. The van der Waals surface area contributed by atoms with Gasteiger partial charge in [0.2, 0.25) is 6.39 Å². The molecule has 0 saturated carbocycles. The molecule has 0 bridgehead atoms. The Morgan fingerprint density at radius 2 is 2.35 bits per heavy atom. The Bertz CT molecular complexity index is 479. The molecule has 0 amide bonds. The average Bonchev–Trinajstić information content (AvgIpc) is 2.87. The maximum atomic E-state index is 6.13. The normalized spacial score (nSPS) is 11.0. The van der Waals surface area contributed by atoms with Gasteiger partial charge in [-0.25, -0.2) is 0 Å². The largest absolute Gasteiger partial charge is 0.343 e. The summed E-state index contributed by atoms with van der Waals surface area (Å²) in [5, 5.41) is 12.0. The maximum Gasteiger partial charge on any atom is 0.213 e. The van der Waals surface area contributed by atoms with Crippen molar-refractivity contribution in [2.45, 2.75) is 19.9 Å². The van der Waals surface area contributed by atoms with Crippen LogP contribution in [0.3, 0.4) is 0 Å². The van der Waals surface area contributed by atoms with E-state index in [0.717, 1.165) is 29.4 Å². The number of hydrogen-bond donors (Lipinski definition) is 1. The van der Waals surface area contributed by atoms with Crippen LogP contribution in [0.15, 0.2) is 10.9 Å². The molecule has 2 aromatic rings. The summed E-state index contributed by atoms with van der Waals surface area (Å²) >= 11 is 6.13. The van der Waals surface area contributed by atoms with Gasteiger partial charge < -0.3 is 9.84 Å². The standard InChI is InChI=1S/C10H14ClN5O/c1-7-10(11)8(16(2)14-7)5-12-4-3-9-13-6-17-15-9/h6,12H,3-5H2,1-2H3. The Kier molecular flexibility index (Phi) is 3.75. The molecule has 6 nitrogen and oxygen atoms in total. The molecule has 92 valence electrons. The van der Waals surface area contributed by atoms with Gasteiger partial charge in [-0.2, -0.15) is 10.1 Å². The highest BCUT2D eigenvalue weighted by atomic mass is 35.5. The van der Waals surface area contributed by atoms with Crippen molar-refractivity contribution in [3.05, 3.63) is 28.6 Å². The van der Waals surface area contributed by atoms with Crippen molar-refractivity contribution in [2.24, 2.45) is 7.05 Å². The molecule has 17 heavy (non-hydrogen) atoms. The van der Waals surface area contributed by atoms with E-state index in [2.05, 4.69) is 25.1 Å². The van der Waals surface area contributed by atoms with Crippen molar-refractivity contribution in [3.8, 4) is 0 Å². The third-order valence-electron chi connectivity index (χ3n) is 2.49. The summed E-state index contributed by atoms with van der Waals surface area (Å²) in [5.41, 5.74) is 1.83. The van der Waals surface area contributed by atoms with E-state index in [1.165, 1.54) is 6.39 Å². The highest BCUT2D eigenvalue weighted by Crippen LogP contribution is 2.18.